The van der Waals surface area contributed by atoms with Crippen molar-refractivity contribution >= 4 is 27.6 Å². The van der Waals surface area contributed by atoms with Gasteiger partial charge in [0.15, 0.2) is 12.4 Å². The molecule has 0 aromatic heterocycles. The molecule has 9 heteroatoms. The number of hydrogen-bond donors (Lipinski definition) is 1. The summed E-state index contributed by atoms with van der Waals surface area (Å²) in [5.41, 5.74) is 0.872. The zero-order chi connectivity index (χ0) is 20.1. The molecule has 0 atom stereocenters. The van der Waals surface area contributed by atoms with Crippen LogP contribution in [0.5, 0.6) is 5.75 Å². The Balaban J connectivity index is 1.51. The second kappa shape index (κ2) is 8.22. The third-order valence-electron chi connectivity index (χ3n) is 4.02. The molecule has 3 rings (SSSR count). The molecule has 1 aliphatic heterocycles. The van der Waals surface area contributed by atoms with Crippen LogP contribution in [-0.4, -0.2) is 46.3 Å². The first-order valence-corrected chi connectivity index (χ1v) is 9.88. The fourth-order valence-corrected chi connectivity index (χ4v) is 3.84. The zero-order valence-corrected chi connectivity index (χ0v) is 15.9. The van der Waals surface area contributed by atoms with Crippen LogP contribution < -0.4 is 9.46 Å². The normalized spacial score (nSPS) is 15.5. The number of rotatable bonds is 7. The number of nitrogens with zero attached hydrogens (tertiary/aromatic N) is 1. The Bertz CT molecular complexity index is 1030. The van der Waals surface area contributed by atoms with Crippen molar-refractivity contribution in [1.82, 2.24) is 4.72 Å². The molecule has 1 aliphatic rings. The van der Waals surface area contributed by atoms with E-state index in [4.69, 9.17) is 9.47 Å². The van der Waals surface area contributed by atoms with Crippen molar-refractivity contribution in [1.29, 1.82) is 0 Å². The van der Waals surface area contributed by atoms with E-state index in [0.29, 0.717) is 16.9 Å². The van der Waals surface area contributed by atoms with Crippen molar-refractivity contribution in [3.05, 3.63) is 59.7 Å². The fraction of sp³-hybridized carbons (Fsp3) is 0.211. The zero-order valence-electron chi connectivity index (χ0n) is 15.0. The van der Waals surface area contributed by atoms with E-state index < -0.39 is 16.0 Å². The minimum absolute atomic E-state index is 0.0295. The number of aliphatic imine (C=N–C) groups is 1. The number of esters is 1. The van der Waals surface area contributed by atoms with E-state index in [2.05, 4.69) is 9.71 Å². The number of ether oxygens (including phenoxy) is 2. The number of methoxy groups -OCH3 is 1. The second-order valence-corrected chi connectivity index (χ2v) is 7.55. The molecule has 8 nitrogen and oxygen atoms in total. The number of hydrogen-bond acceptors (Lipinski definition) is 7. The first kappa shape index (κ1) is 19.6. The minimum atomic E-state index is -3.61. The van der Waals surface area contributed by atoms with Gasteiger partial charge < -0.3 is 9.47 Å². The molecule has 146 valence electrons. The number of nitrogens with one attached hydrogen (secondary N) is 1. The maximum Gasteiger partial charge on any atom is 0.308 e. The van der Waals surface area contributed by atoms with Gasteiger partial charge in [-0.1, -0.05) is 12.1 Å². The molecule has 0 saturated heterocycles. The molecule has 0 amide bonds. The average molecular weight is 402 g/mol. The van der Waals surface area contributed by atoms with Gasteiger partial charge in [-0.3, -0.25) is 19.3 Å². The molecular weight excluding hydrogens is 384 g/mol. The first-order chi connectivity index (χ1) is 13.4. The monoisotopic (exact) mass is 402 g/mol. The van der Waals surface area contributed by atoms with Crippen LogP contribution in [0.1, 0.15) is 22.3 Å². The highest BCUT2D eigenvalue weighted by atomic mass is 32.2. The molecule has 0 unspecified atom stereocenters. The van der Waals surface area contributed by atoms with Gasteiger partial charge in [0.05, 0.1) is 25.0 Å². The number of ketones is 1. The van der Waals surface area contributed by atoms with Crippen LogP contribution in [0.4, 0.5) is 0 Å². The smallest absolute Gasteiger partial charge is 0.308 e. The summed E-state index contributed by atoms with van der Waals surface area (Å²) in [5, 5.41) is 0. The van der Waals surface area contributed by atoms with Gasteiger partial charge in [0.1, 0.15) is 11.6 Å². The lowest BCUT2D eigenvalue weighted by Crippen LogP contribution is -2.22. The Morgan fingerprint density at radius 3 is 2.50 bits per heavy atom. The van der Waals surface area contributed by atoms with E-state index in [9.17, 15) is 18.0 Å². The van der Waals surface area contributed by atoms with Gasteiger partial charge in [0.2, 0.25) is 0 Å². The average Bonchev–Trinajstić information content (AvgIpc) is 2.97. The summed E-state index contributed by atoms with van der Waals surface area (Å²) in [6.45, 7) is -0.348. The number of benzene rings is 2. The lowest BCUT2D eigenvalue weighted by molar-refractivity contribution is -0.142. The second-order valence-electron chi connectivity index (χ2n) is 5.89. The highest BCUT2D eigenvalue weighted by Crippen LogP contribution is 2.22. The molecule has 0 saturated carbocycles. The summed E-state index contributed by atoms with van der Waals surface area (Å²) >= 11 is 0. The Kier molecular flexibility index (Phi) is 5.74. The molecule has 1 heterocycles. The molecule has 2 aromatic carbocycles. The molecule has 0 aliphatic carbocycles. The van der Waals surface area contributed by atoms with Gasteiger partial charge in [-0.25, -0.2) is 8.42 Å². The van der Waals surface area contributed by atoms with E-state index in [-0.39, 0.29) is 36.1 Å². The van der Waals surface area contributed by atoms with Crippen LogP contribution in [-0.2, 0) is 19.6 Å². The van der Waals surface area contributed by atoms with Crippen LogP contribution in [0, 0.1) is 0 Å². The predicted octanol–water partition coefficient (Wildman–Crippen LogP) is 1.55. The quantitative estimate of drug-likeness (QED) is 0.556. The topological polar surface area (TPSA) is 111 Å². The number of carbonyl (C=O) groups excluding carboxylic acids is 2. The van der Waals surface area contributed by atoms with Crippen LogP contribution in [0.3, 0.4) is 0 Å². The summed E-state index contributed by atoms with van der Waals surface area (Å²) in [5.74, 6) is -0.116. The van der Waals surface area contributed by atoms with Gasteiger partial charge in [-0.15, -0.1) is 0 Å². The van der Waals surface area contributed by atoms with E-state index in [1.165, 1.54) is 13.2 Å². The lowest BCUT2D eigenvalue weighted by Gasteiger charge is -2.05. The standard InChI is InChI=1S/C19H18N2O6S/c1-26-14-8-6-13(7-9-14)16(22)12-27-18(23)10-11-20-19-15-4-2-3-5-17(15)28(24,25)21-19/h2-9H,10-12H2,1H3,(H,20,21). The van der Waals surface area contributed by atoms with Gasteiger partial charge >= 0.3 is 5.97 Å². The van der Waals surface area contributed by atoms with Crippen molar-refractivity contribution in [2.75, 3.05) is 20.3 Å². The summed E-state index contributed by atoms with van der Waals surface area (Å²) in [7, 11) is -2.09. The lowest BCUT2D eigenvalue weighted by atomic mass is 10.1. The van der Waals surface area contributed by atoms with E-state index in [1.54, 1.807) is 42.5 Å². The SMILES string of the molecule is COc1ccc(C(=O)COC(=O)CCN=C2NS(=O)(=O)c3ccccc32)cc1. The number of sulfonamides is 1. The predicted molar refractivity (Wildman–Crippen MR) is 101 cm³/mol. The third-order valence-corrected chi connectivity index (χ3v) is 5.42. The largest absolute Gasteiger partial charge is 0.497 e. The maximum absolute atomic E-state index is 12.0. The van der Waals surface area contributed by atoms with Crippen molar-refractivity contribution in [3.8, 4) is 5.75 Å². The summed E-state index contributed by atoms with van der Waals surface area (Å²) in [4.78, 5) is 28.1. The van der Waals surface area contributed by atoms with Crippen LogP contribution in [0.15, 0.2) is 58.4 Å². The van der Waals surface area contributed by atoms with Gasteiger partial charge in [0.25, 0.3) is 10.0 Å². The highest BCUT2D eigenvalue weighted by Gasteiger charge is 2.29. The Morgan fingerprint density at radius 1 is 1.07 bits per heavy atom. The van der Waals surface area contributed by atoms with E-state index >= 15 is 0 Å². The number of fused-ring (bicyclic) bond motifs is 1. The molecule has 0 radical (unpaired) electrons. The van der Waals surface area contributed by atoms with Crippen LogP contribution in [0.2, 0.25) is 0 Å². The molecule has 1 N–H and O–H groups in total. The maximum atomic E-state index is 12.0. The van der Waals surface area contributed by atoms with Crippen molar-refractivity contribution in [2.45, 2.75) is 11.3 Å². The van der Waals surface area contributed by atoms with Gasteiger partial charge in [-0.05, 0) is 36.4 Å². The van der Waals surface area contributed by atoms with Gasteiger partial charge in [0, 0.05) is 11.1 Å². The minimum Gasteiger partial charge on any atom is -0.497 e. The van der Waals surface area contributed by atoms with E-state index in [0.717, 1.165) is 0 Å². The van der Waals surface area contributed by atoms with Crippen LogP contribution in [0.25, 0.3) is 0 Å². The van der Waals surface area contributed by atoms with Crippen molar-refractivity contribution < 1.29 is 27.5 Å². The molecule has 28 heavy (non-hydrogen) atoms. The Morgan fingerprint density at radius 2 is 1.79 bits per heavy atom. The van der Waals surface area contributed by atoms with Crippen molar-refractivity contribution in [3.63, 3.8) is 0 Å². The fourth-order valence-electron chi connectivity index (χ4n) is 2.59. The highest BCUT2D eigenvalue weighted by molar-refractivity contribution is 7.90. The summed E-state index contributed by atoms with van der Waals surface area (Å²) in [6, 6.07) is 12.9. The Labute approximate surface area is 162 Å². The van der Waals surface area contributed by atoms with Gasteiger partial charge in [-0.2, -0.15) is 0 Å². The van der Waals surface area contributed by atoms with E-state index in [1.807, 2.05) is 0 Å². The molecule has 0 spiro atoms. The first-order valence-electron chi connectivity index (χ1n) is 8.40. The Hall–Kier alpha value is -3.20. The molecule has 2 aromatic rings. The summed E-state index contributed by atoms with van der Waals surface area (Å²) in [6.07, 6.45) is -0.0801. The molecule has 0 bridgehead atoms. The molecular formula is C19H18N2O6S. The van der Waals surface area contributed by atoms with Crippen LogP contribution >= 0.6 is 0 Å². The molecule has 0 fully saturated rings. The number of Topliss-reactive ketones (excluding diaryl/α,β-unsaturated/α-hetero) is 1. The third kappa shape index (κ3) is 4.37. The summed E-state index contributed by atoms with van der Waals surface area (Å²) < 4.78 is 36.3. The number of amidine groups is 1. The van der Waals surface area contributed by atoms with Crippen molar-refractivity contribution in [2.24, 2.45) is 4.99 Å². The number of carbonyl (C=O) groups is 2.